The summed E-state index contributed by atoms with van der Waals surface area (Å²) < 4.78 is 0. The number of rotatable bonds is 1. The van der Waals surface area contributed by atoms with Gasteiger partial charge in [0.15, 0.2) is 4.96 Å². The molecule has 10 heavy (non-hydrogen) atoms. The zero-order valence-corrected chi connectivity index (χ0v) is 7.53. The van der Waals surface area contributed by atoms with E-state index in [4.69, 9.17) is 23.2 Å². The van der Waals surface area contributed by atoms with Crippen LogP contribution in [0.3, 0.4) is 0 Å². The zero-order valence-electron chi connectivity index (χ0n) is 6.02. The lowest BCUT2D eigenvalue weighted by atomic mass is 10.2. The van der Waals surface area contributed by atoms with Crippen LogP contribution in [-0.2, 0) is 0 Å². The fourth-order valence-electron chi connectivity index (χ4n) is 1.29. The maximum absolute atomic E-state index is 5.72. The van der Waals surface area contributed by atoms with E-state index in [9.17, 15) is 0 Å². The van der Waals surface area contributed by atoms with Crippen molar-refractivity contribution >= 4 is 23.2 Å². The van der Waals surface area contributed by atoms with E-state index in [0.717, 1.165) is 13.1 Å². The van der Waals surface area contributed by atoms with Crippen molar-refractivity contribution in [2.75, 3.05) is 13.1 Å². The third kappa shape index (κ3) is 2.65. The molecule has 1 heterocycles. The summed E-state index contributed by atoms with van der Waals surface area (Å²) in [5.41, 5.74) is 0. The van der Waals surface area contributed by atoms with Crippen molar-refractivity contribution in [3.8, 4) is 0 Å². The molecule has 1 nitrogen and oxygen atoms in total. The van der Waals surface area contributed by atoms with Crippen LogP contribution in [0, 0.1) is 0 Å². The van der Waals surface area contributed by atoms with Gasteiger partial charge in [-0.3, -0.25) is 4.90 Å². The van der Waals surface area contributed by atoms with Crippen molar-refractivity contribution in [2.45, 2.75) is 30.6 Å². The topological polar surface area (TPSA) is 3.24 Å². The van der Waals surface area contributed by atoms with E-state index in [0.29, 0.717) is 0 Å². The Kier molecular flexibility index (Phi) is 3.82. The minimum Gasteiger partial charge on any atom is -0.275 e. The highest BCUT2D eigenvalue weighted by Gasteiger charge is 2.13. The minimum atomic E-state index is -0.293. The first-order valence-electron chi connectivity index (χ1n) is 3.83. The molecule has 0 aromatic carbocycles. The Morgan fingerprint density at radius 3 is 1.80 bits per heavy atom. The van der Waals surface area contributed by atoms with Crippen LogP contribution in [0.5, 0.6) is 0 Å². The standard InChI is InChI=1S/C7H13Cl2N/c8-7(9)10-5-3-1-2-4-6-10/h7H,1-6H2. The zero-order chi connectivity index (χ0) is 7.40. The lowest BCUT2D eigenvalue weighted by molar-refractivity contribution is 0.309. The molecule has 0 unspecified atom stereocenters. The van der Waals surface area contributed by atoms with Crippen molar-refractivity contribution in [3.63, 3.8) is 0 Å². The molecule has 1 saturated heterocycles. The van der Waals surface area contributed by atoms with Gasteiger partial charge in [-0.15, -0.1) is 0 Å². The van der Waals surface area contributed by atoms with Crippen molar-refractivity contribution in [3.05, 3.63) is 0 Å². The Morgan fingerprint density at radius 1 is 0.900 bits per heavy atom. The molecule has 0 aromatic heterocycles. The van der Waals surface area contributed by atoms with E-state index in [1.54, 1.807) is 0 Å². The highest BCUT2D eigenvalue weighted by atomic mass is 35.5. The summed E-state index contributed by atoms with van der Waals surface area (Å²) in [6.45, 7) is 2.13. The maximum atomic E-state index is 5.72. The molecule has 0 bridgehead atoms. The molecule has 3 heteroatoms. The Balaban J connectivity index is 2.28. The van der Waals surface area contributed by atoms with Crippen LogP contribution in [0.25, 0.3) is 0 Å². The lowest BCUT2D eigenvalue weighted by Crippen LogP contribution is -2.28. The summed E-state index contributed by atoms with van der Waals surface area (Å²) in [7, 11) is 0. The number of alkyl halides is 2. The van der Waals surface area contributed by atoms with Gasteiger partial charge < -0.3 is 0 Å². The third-order valence-corrected chi connectivity index (χ3v) is 2.47. The van der Waals surface area contributed by atoms with Crippen LogP contribution in [0.4, 0.5) is 0 Å². The van der Waals surface area contributed by atoms with E-state index in [2.05, 4.69) is 4.90 Å². The first kappa shape index (κ1) is 8.63. The van der Waals surface area contributed by atoms with Crippen LogP contribution in [-0.4, -0.2) is 22.9 Å². The predicted octanol–water partition coefficient (Wildman–Crippen LogP) is 2.62. The van der Waals surface area contributed by atoms with Gasteiger partial charge in [-0.25, -0.2) is 0 Å². The fraction of sp³-hybridized carbons (Fsp3) is 1.00. The molecule has 0 radical (unpaired) electrons. The largest absolute Gasteiger partial charge is 0.275 e. The van der Waals surface area contributed by atoms with Crippen LogP contribution >= 0.6 is 23.2 Å². The van der Waals surface area contributed by atoms with Gasteiger partial charge in [0.1, 0.15) is 0 Å². The molecule has 1 aliphatic rings. The quantitative estimate of drug-likeness (QED) is 0.445. The van der Waals surface area contributed by atoms with E-state index in [1.165, 1.54) is 25.7 Å². The Bertz CT molecular complexity index is 87.6. The van der Waals surface area contributed by atoms with Gasteiger partial charge in [0.2, 0.25) is 0 Å². The maximum Gasteiger partial charge on any atom is 0.160 e. The molecule has 1 fully saturated rings. The second kappa shape index (κ2) is 4.42. The van der Waals surface area contributed by atoms with Crippen LogP contribution < -0.4 is 0 Å². The average molecular weight is 182 g/mol. The number of hydrogen-bond donors (Lipinski definition) is 0. The molecule has 1 aliphatic heterocycles. The fourth-order valence-corrected chi connectivity index (χ4v) is 1.68. The van der Waals surface area contributed by atoms with Crippen LogP contribution in [0.15, 0.2) is 0 Å². The van der Waals surface area contributed by atoms with E-state index < -0.39 is 0 Å². The Labute approximate surface area is 72.3 Å². The van der Waals surface area contributed by atoms with Crippen molar-refractivity contribution in [2.24, 2.45) is 0 Å². The average Bonchev–Trinajstić information content (AvgIpc) is 2.12. The summed E-state index contributed by atoms with van der Waals surface area (Å²) >= 11 is 11.4. The Morgan fingerprint density at radius 2 is 1.40 bits per heavy atom. The summed E-state index contributed by atoms with van der Waals surface area (Å²) in [6.07, 6.45) is 5.15. The predicted molar refractivity (Wildman–Crippen MR) is 45.5 cm³/mol. The molecule has 0 N–H and O–H groups in total. The van der Waals surface area contributed by atoms with Crippen molar-refractivity contribution in [1.29, 1.82) is 0 Å². The summed E-state index contributed by atoms with van der Waals surface area (Å²) in [5, 5.41) is 0. The molecule has 0 aromatic rings. The summed E-state index contributed by atoms with van der Waals surface area (Å²) in [4.78, 5) is 1.83. The summed E-state index contributed by atoms with van der Waals surface area (Å²) in [5.74, 6) is 0. The second-order valence-corrected chi connectivity index (χ2v) is 3.78. The highest BCUT2D eigenvalue weighted by molar-refractivity contribution is 6.43. The second-order valence-electron chi connectivity index (χ2n) is 2.73. The number of halogens is 2. The molecule has 0 amide bonds. The number of hydrogen-bond acceptors (Lipinski definition) is 1. The van der Waals surface area contributed by atoms with Crippen molar-refractivity contribution < 1.29 is 0 Å². The monoisotopic (exact) mass is 181 g/mol. The van der Waals surface area contributed by atoms with E-state index in [-0.39, 0.29) is 4.96 Å². The first-order valence-corrected chi connectivity index (χ1v) is 4.70. The van der Waals surface area contributed by atoms with E-state index in [1.807, 2.05) is 0 Å². The smallest absolute Gasteiger partial charge is 0.160 e. The van der Waals surface area contributed by atoms with Gasteiger partial charge in [0.25, 0.3) is 0 Å². The molecule has 0 atom stereocenters. The molecule has 60 valence electrons. The van der Waals surface area contributed by atoms with Gasteiger partial charge in [-0.1, -0.05) is 36.0 Å². The number of nitrogens with zero attached hydrogens (tertiary/aromatic N) is 1. The molecular weight excluding hydrogens is 169 g/mol. The highest BCUT2D eigenvalue weighted by Crippen LogP contribution is 2.16. The normalized spacial score (nSPS) is 23.1. The first-order chi connectivity index (χ1) is 4.80. The minimum absolute atomic E-state index is 0.293. The number of likely N-dealkylation sites (tertiary alicyclic amines) is 1. The molecular formula is C7H13Cl2N. The molecule has 0 spiro atoms. The lowest BCUT2D eigenvalue weighted by Gasteiger charge is -2.19. The molecule has 0 saturated carbocycles. The van der Waals surface area contributed by atoms with Gasteiger partial charge in [-0.05, 0) is 12.8 Å². The summed E-state index contributed by atoms with van der Waals surface area (Å²) in [6, 6.07) is 0. The van der Waals surface area contributed by atoms with Gasteiger partial charge in [0.05, 0.1) is 0 Å². The molecule has 1 rings (SSSR count). The SMILES string of the molecule is ClC(Cl)N1CCCCCC1. The van der Waals surface area contributed by atoms with Crippen LogP contribution in [0.1, 0.15) is 25.7 Å². The van der Waals surface area contributed by atoms with Gasteiger partial charge in [0, 0.05) is 13.1 Å². The Hall–Kier alpha value is 0.540. The third-order valence-electron chi connectivity index (χ3n) is 1.92. The van der Waals surface area contributed by atoms with Crippen LogP contribution in [0.2, 0.25) is 0 Å². The molecule has 0 aliphatic carbocycles. The van der Waals surface area contributed by atoms with Gasteiger partial charge in [-0.2, -0.15) is 0 Å². The van der Waals surface area contributed by atoms with E-state index >= 15 is 0 Å². The van der Waals surface area contributed by atoms with Crippen molar-refractivity contribution in [1.82, 2.24) is 4.90 Å². The van der Waals surface area contributed by atoms with Gasteiger partial charge >= 0.3 is 0 Å².